The van der Waals surface area contributed by atoms with Gasteiger partial charge >= 0.3 is 21.6 Å². The summed E-state index contributed by atoms with van der Waals surface area (Å²) < 4.78 is 69.1. The number of alkyl halides is 3. The number of hydrogen-bond acceptors (Lipinski definition) is 5. The summed E-state index contributed by atoms with van der Waals surface area (Å²) in [5.74, 6) is -0.731. The van der Waals surface area contributed by atoms with Crippen molar-refractivity contribution in [1.29, 1.82) is 0 Å². The number of benzene rings is 1. The number of esters is 1. The number of rotatable bonds is 2. The van der Waals surface area contributed by atoms with Crippen molar-refractivity contribution < 1.29 is 35.3 Å². The number of carbonyl (C=O) groups is 1. The number of halogens is 3. The molecule has 0 aliphatic carbocycles. The molecule has 0 spiro atoms. The molecule has 1 aromatic carbocycles. The summed E-state index contributed by atoms with van der Waals surface area (Å²) >= 11 is 0. The molecule has 0 N–H and O–H groups in total. The Bertz CT molecular complexity index is 797. The quantitative estimate of drug-likeness (QED) is 0.247. The van der Waals surface area contributed by atoms with E-state index in [1.807, 2.05) is 13.0 Å². The second kappa shape index (κ2) is 8.11. The van der Waals surface area contributed by atoms with E-state index in [0.29, 0.717) is 24.8 Å². The first-order chi connectivity index (χ1) is 12.1. The topological polar surface area (TPSA) is 69.7 Å². The predicted molar refractivity (Wildman–Crippen MR) is 88.2 cm³/mol. The van der Waals surface area contributed by atoms with E-state index in [-0.39, 0.29) is 12.2 Å². The zero-order valence-electron chi connectivity index (χ0n) is 14.1. The number of hydrogen-bond donors (Lipinski definition) is 0. The summed E-state index contributed by atoms with van der Waals surface area (Å²) in [7, 11) is -5.75. The van der Waals surface area contributed by atoms with Gasteiger partial charge in [0.15, 0.2) is 0 Å². The molecule has 1 heterocycles. The van der Waals surface area contributed by atoms with E-state index in [0.717, 1.165) is 24.5 Å². The van der Waals surface area contributed by atoms with Gasteiger partial charge in [0.2, 0.25) is 0 Å². The van der Waals surface area contributed by atoms with Crippen LogP contribution in [0.25, 0.3) is 0 Å². The van der Waals surface area contributed by atoms with Crippen LogP contribution in [0, 0.1) is 0 Å². The number of allylic oxidation sites excluding steroid dienone is 2. The Morgan fingerprint density at radius 2 is 1.85 bits per heavy atom. The van der Waals surface area contributed by atoms with Gasteiger partial charge in [0.1, 0.15) is 11.5 Å². The predicted octanol–water partition coefficient (Wildman–Crippen LogP) is 4.27. The van der Waals surface area contributed by atoms with Crippen LogP contribution in [0.3, 0.4) is 0 Å². The van der Waals surface area contributed by atoms with E-state index in [9.17, 15) is 26.4 Å². The van der Waals surface area contributed by atoms with Gasteiger partial charge in [0.25, 0.3) is 0 Å². The van der Waals surface area contributed by atoms with E-state index in [1.54, 1.807) is 0 Å². The second-order valence-corrected chi connectivity index (χ2v) is 7.56. The van der Waals surface area contributed by atoms with Gasteiger partial charge in [0.05, 0.1) is 0 Å². The van der Waals surface area contributed by atoms with Crippen LogP contribution in [0.5, 0.6) is 11.5 Å². The smallest absolute Gasteiger partial charge is 0.426 e. The Hall–Kier alpha value is -2.03. The van der Waals surface area contributed by atoms with Crippen molar-refractivity contribution in [3.05, 3.63) is 35.4 Å². The van der Waals surface area contributed by atoms with Gasteiger partial charge < -0.3 is 8.92 Å². The van der Waals surface area contributed by atoms with Crippen molar-refractivity contribution >= 4 is 16.1 Å². The van der Waals surface area contributed by atoms with E-state index in [4.69, 9.17) is 4.74 Å². The second-order valence-electron chi connectivity index (χ2n) is 6.02. The van der Waals surface area contributed by atoms with Crippen LogP contribution < -0.4 is 8.92 Å². The van der Waals surface area contributed by atoms with Crippen molar-refractivity contribution in [2.75, 3.05) is 0 Å². The molecule has 0 aromatic heterocycles. The van der Waals surface area contributed by atoms with Crippen LogP contribution in [-0.4, -0.2) is 19.9 Å². The Kier molecular flexibility index (Phi) is 6.33. The number of ether oxygens (including phenoxy) is 1. The van der Waals surface area contributed by atoms with Crippen LogP contribution in [0.2, 0.25) is 0 Å². The molecule has 0 saturated carbocycles. The molecule has 0 unspecified atom stereocenters. The lowest BCUT2D eigenvalue weighted by Gasteiger charge is -2.14. The molecule has 1 aliphatic heterocycles. The van der Waals surface area contributed by atoms with Crippen LogP contribution >= 0.6 is 0 Å². The lowest BCUT2D eigenvalue weighted by Crippen LogP contribution is -2.28. The van der Waals surface area contributed by atoms with Gasteiger partial charge in [-0.2, -0.15) is 21.6 Å². The minimum Gasteiger partial charge on any atom is -0.426 e. The fraction of sp³-hybridized carbons (Fsp3) is 0.471. The molecule has 0 fully saturated rings. The van der Waals surface area contributed by atoms with E-state index in [2.05, 4.69) is 4.18 Å². The molecule has 5 nitrogen and oxygen atoms in total. The zero-order chi connectivity index (χ0) is 19.4. The molecule has 144 valence electrons. The molecule has 1 aliphatic rings. The first-order valence-electron chi connectivity index (χ1n) is 8.08. The van der Waals surface area contributed by atoms with Gasteiger partial charge in [-0.05, 0) is 62.8 Å². The van der Waals surface area contributed by atoms with Crippen LogP contribution in [0.15, 0.2) is 29.8 Å². The average molecular weight is 392 g/mol. The first kappa shape index (κ1) is 20.3. The van der Waals surface area contributed by atoms with Gasteiger partial charge in [-0.3, -0.25) is 4.79 Å². The highest BCUT2D eigenvalue weighted by Crippen LogP contribution is 2.31. The van der Waals surface area contributed by atoms with Crippen molar-refractivity contribution in [2.45, 2.75) is 51.0 Å². The Morgan fingerprint density at radius 1 is 1.12 bits per heavy atom. The highest BCUT2D eigenvalue weighted by atomic mass is 32.2. The van der Waals surface area contributed by atoms with Crippen molar-refractivity contribution in [3.63, 3.8) is 0 Å². The fourth-order valence-corrected chi connectivity index (χ4v) is 2.91. The molecular weight excluding hydrogens is 373 g/mol. The van der Waals surface area contributed by atoms with E-state index in [1.165, 1.54) is 12.1 Å². The summed E-state index contributed by atoms with van der Waals surface area (Å²) in [4.78, 5) is 11.9. The summed E-state index contributed by atoms with van der Waals surface area (Å²) in [5, 5.41) is 0. The maximum Gasteiger partial charge on any atom is 0.534 e. The van der Waals surface area contributed by atoms with Gasteiger partial charge in [0, 0.05) is 6.42 Å². The summed E-state index contributed by atoms with van der Waals surface area (Å²) in [6, 6.07) is 3.45. The zero-order valence-corrected chi connectivity index (χ0v) is 15.0. The SMILES string of the molecule is C/C1=C/CCCCc2cc(OS(=O)(=O)C(F)(F)F)ccc2OC(=O)CC1. The highest BCUT2D eigenvalue weighted by Gasteiger charge is 2.48. The van der Waals surface area contributed by atoms with E-state index >= 15 is 0 Å². The van der Waals surface area contributed by atoms with Crippen molar-refractivity contribution in [1.82, 2.24) is 0 Å². The lowest BCUT2D eigenvalue weighted by molar-refractivity contribution is -0.134. The molecule has 0 bridgehead atoms. The Labute approximate surface area is 149 Å². The first-order valence-corrected chi connectivity index (χ1v) is 9.49. The number of carbonyl (C=O) groups excluding carboxylic acids is 1. The molecule has 0 radical (unpaired) electrons. The number of fused-ring (bicyclic) bond motifs is 1. The van der Waals surface area contributed by atoms with Gasteiger partial charge in [-0.15, -0.1) is 0 Å². The third kappa shape index (κ3) is 5.48. The summed E-state index contributed by atoms with van der Waals surface area (Å²) in [6.45, 7) is 1.94. The Morgan fingerprint density at radius 3 is 2.54 bits per heavy atom. The molecule has 9 heteroatoms. The average Bonchev–Trinajstić information content (AvgIpc) is 2.52. The lowest BCUT2D eigenvalue weighted by atomic mass is 10.0. The maximum absolute atomic E-state index is 12.5. The molecule has 1 aromatic rings. The fourth-order valence-electron chi connectivity index (χ4n) is 2.46. The molecule has 26 heavy (non-hydrogen) atoms. The van der Waals surface area contributed by atoms with Crippen LogP contribution in [-0.2, 0) is 21.3 Å². The molecule has 0 amide bonds. The molecule has 0 saturated heterocycles. The maximum atomic E-state index is 12.5. The standard InChI is InChI=1S/C17H19F3O5S/c1-12-5-3-2-4-6-13-11-14(25-26(22,23)17(18,19)20)8-9-15(13)24-16(21)10-7-12/h5,8-9,11H,2-4,6-7,10H2,1H3/b12-5-. The van der Waals surface area contributed by atoms with Crippen LogP contribution in [0.1, 0.15) is 44.6 Å². The third-order valence-electron chi connectivity index (χ3n) is 3.86. The van der Waals surface area contributed by atoms with Gasteiger partial charge in [-0.1, -0.05) is 11.6 Å². The van der Waals surface area contributed by atoms with Crippen molar-refractivity contribution in [2.24, 2.45) is 0 Å². The van der Waals surface area contributed by atoms with Crippen molar-refractivity contribution in [3.8, 4) is 11.5 Å². The molecule has 0 atom stereocenters. The molecular formula is C17H19F3O5S. The highest BCUT2D eigenvalue weighted by molar-refractivity contribution is 7.88. The van der Waals surface area contributed by atoms with Gasteiger partial charge in [-0.25, -0.2) is 0 Å². The Balaban J connectivity index is 2.25. The largest absolute Gasteiger partial charge is 0.534 e. The molecule has 2 rings (SSSR count). The van der Waals surface area contributed by atoms with E-state index < -0.39 is 27.3 Å². The summed E-state index contributed by atoms with van der Waals surface area (Å²) in [5.41, 5.74) is -3.99. The minimum atomic E-state index is -5.75. The minimum absolute atomic E-state index is 0.183. The third-order valence-corrected chi connectivity index (χ3v) is 4.84. The summed E-state index contributed by atoms with van der Waals surface area (Å²) in [6.07, 6.45) is 5.58. The normalized spacial score (nSPS) is 19.2. The van der Waals surface area contributed by atoms with Crippen LogP contribution in [0.4, 0.5) is 13.2 Å². The number of aryl methyl sites for hydroxylation is 1. The monoisotopic (exact) mass is 392 g/mol.